The molecule has 0 fully saturated rings. The minimum atomic E-state index is 0.417. The SMILES string of the molecule is CC(C)c1cn(-c2ccc(-c3cc(Cn4cncn4)on3)s2)cn1. The van der Waals surface area contributed by atoms with Crippen LogP contribution in [0.5, 0.6) is 0 Å². The second kappa shape index (κ2) is 6.04. The van der Waals surface area contributed by atoms with Crippen molar-refractivity contribution in [3.8, 4) is 15.6 Å². The number of rotatable bonds is 5. The van der Waals surface area contributed by atoms with Crippen LogP contribution in [0.1, 0.15) is 31.2 Å². The molecule has 0 N–H and O–H groups in total. The van der Waals surface area contributed by atoms with Crippen LogP contribution in [-0.2, 0) is 6.54 Å². The molecule has 4 rings (SSSR count). The Morgan fingerprint density at radius 3 is 2.92 bits per heavy atom. The smallest absolute Gasteiger partial charge is 0.158 e. The summed E-state index contributed by atoms with van der Waals surface area (Å²) >= 11 is 1.65. The fourth-order valence-corrected chi connectivity index (χ4v) is 3.24. The number of imidazole rings is 1. The van der Waals surface area contributed by atoms with Crippen molar-refractivity contribution in [1.82, 2.24) is 29.5 Å². The third-order valence-electron chi connectivity index (χ3n) is 3.64. The van der Waals surface area contributed by atoms with Gasteiger partial charge in [-0.25, -0.2) is 14.6 Å². The van der Waals surface area contributed by atoms with Crippen LogP contribution in [0, 0.1) is 0 Å². The van der Waals surface area contributed by atoms with E-state index in [1.807, 2.05) is 23.0 Å². The lowest BCUT2D eigenvalue weighted by atomic mass is 10.2. The average molecular weight is 340 g/mol. The minimum absolute atomic E-state index is 0.417. The van der Waals surface area contributed by atoms with Gasteiger partial charge in [-0.05, 0) is 18.1 Å². The van der Waals surface area contributed by atoms with Gasteiger partial charge in [0.2, 0.25) is 0 Å². The largest absolute Gasteiger partial charge is 0.359 e. The first-order valence-electron chi connectivity index (χ1n) is 7.61. The van der Waals surface area contributed by atoms with E-state index in [1.54, 1.807) is 22.3 Å². The molecule has 0 unspecified atom stereocenters. The van der Waals surface area contributed by atoms with Gasteiger partial charge in [-0.3, -0.25) is 4.57 Å². The van der Waals surface area contributed by atoms with Gasteiger partial charge >= 0.3 is 0 Å². The lowest BCUT2D eigenvalue weighted by Gasteiger charge is -1.97. The third kappa shape index (κ3) is 2.88. The van der Waals surface area contributed by atoms with Gasteiger partial charge in [0.1, 0.15) is 36.2 Å². The molecule has 0 radical (unpaired) electrons. The van der Waals surface area contributed by atoms with Gasteiger partial charge < -0.3 is 4.52 Å². The molecular weight excluding hydrogens is 324 g/mol. The number of aromatic nitrogens is 6. The van der Waals surface area contributed by atoms with E-state index in [2.05, 4.69) is 46.3 Å². The summed E-state index contributed by atoms with van der Waals surface area (Å²) in [5.41, 5.74) is 1.91. The van der Waals surface area contributed by atoms with Gasteiger partial charge in [-0.15, -0.1) is 11.3 Å². The Morgan fingerprint density at radius 2 is 2.17 bits per heavy atom. The molecule has 7 nitrogen and oxygen atoms in total. The van der Waals surface area contributed by atoms with Gasteiger partial charge in [-0.2, -0.15) is 5.10 Å². The predicted octanol–water partition coefficient (Wildman–Crippen LogP) is 3.35. The zero-order chi connectivity index (χ0) is 16.5. The van der Waals surface area contributed by atoms with Gasteiger partial charge in [0.15, 0.2) is 5.76 Å². The molecule has 4 heterocycles. The quantitative estimate of drug-likeness (QED) is 0.557. The maximum absolute atomic E-state index is 5.39. The zero-order valence-electron chi connectivity index (χ0n) is 13.3. The second-order valence-electron chi connectivity index (χ2n) is 5.77. The Labute approximate surface area is 142 Å². The molecule has 0 aliphatic rings. The maximum atomic E-state index is 5.39. The fraction of sp³-hybridized carbons (Fsp3) is 0.250. The molecule has 8 heteroatoms. The summed E-state index contributed by atoms with van der Waals surface area (Å²) in [6.45, 7) is 4.79. The monoisotopic (exact) mass is 340 g/mol. The lowest BCUT2D eigenvalue weighted by molar-refractivity contribution is 0.373. The summed E-state index contributed by atoms with van der Waals surface area (Å²) in [5.74, 6) is 1.16. The first-order valence-corrected chi connectivity index (χ1v) is 8.43. The normalized spacial score (nSPS) is 11.5. The molecule has 0 aliphatic heterocycles. The van der Waals surface area contributed by atoms with Crippen LogP contribution in [0.15, 0.2) is 47.9 Å². The van der Waals surface area contributed by atoms with Crippen molar-refractivity contribution in [3.63, 3.8) is 0 Å². The summed E-state index contributed by atoms with van der Waals surface area (Å²) < 4.78 is 9.13. The van der Waals surface area contributed by atoms with Crippen molar-refractivity contribution in [2.45, 2.75) is 26.3 Å². The van der Waals surface area contributed by atoms with E-state index < -0.39 is 0 Å². The van der Waals surface area contributed by atoms with Crippen LogP contribution < -0.4 is 0 Å². The van der Waals surface area contributed by atoms with E-state index >= 15 is 0 Å². The Morgan fingerprint density at radius 1 is 1.25 bits per heavy atom. The van der Waals surface area contributed by atoms with E-state index in [1.165, 1.54) is 6.33 Å². The van der Waals surface area contributed by atoms with E-state index in [9.17, 15) is 0 Å². The summed E-state index contributed by atoms with van der Waals surface area (Å²) in [5, 5.41) is 9.32. The van der Waals surface area contributed by atoms with Crippen molar-refractivity contribution in [3.05, 3.63) is 54.8 Å². The van der Waals surface area contributed by atoms with Gasteiger partial charge in [0.05, 0.1) is 10.6 Å². The van der Waals surface area contributed by atoms with Crippen LogP contribution in [0.4, 0.5) is 0 Å². The molecule has 0 saturated heterocycles. The molecule has 0 saturated carbocycles. The Balaban J connectivity index is 1.55. The van der Waals surface area contributed by atoms with Gasteiger partial charge in [0, 0.05) is 12.3 Å². The molecule has 0 aromatic carbocycles. The number of nitrogens with zero attached hydrogens (tertiary/aromatic N) is 6. The van der Waals surface area contributed by atoms with Crippen molar-refractivity contribution >= 4 is 11.3 Å². The summed E-state index contributed by atoms with van der Waals surface area (Å²) in [6, 6.07) is 6.05. The molecule has 0 bridgehead atoms. The first-order chi connectivity index (χ1) is 11.7. The Bertz CT molecular complexity index is 934. The molecule has 122 valence electrons. The third-order valence-corrected chi connectivity index (χ3v) is 4.76. The summed E-state index contributed by atoms with van der Waals surface area (Å²) in [4.78, 5) is 9.41. The zero-order valence-corrected chi connectivity index (χ0v) is 14.1. The molecule has 0 atom stereocenters. The van der Waals surface area contributed by atoms with Gasteiger partial charge in [-0.1, -0.05) is 19.0 Å². The van der Waals surface area contributed by atoms with E-state index in [4.69, 9.17) is 4.52 Å². The number of hydrogen-bond acceptors (Lipinski definition) is 6. The molecule has 4 aromatic rings. The van der Waals surface area contributed by atoms with Gasteiger partial charge in [0.25, 0.3) is 0 Å². The highest BCUT2D eigenvalue weighted by molar-refractivity contribution is 7.17. The second-order valence-corrected chi connectivity index (χ2v) is 6.83. The number of thiophene rings is 1. The van der Waals surface area contributed by atoms with Crippen LogP contribution in [0.25, 0.3) is 15.6 Å². The highest BCUT2D eigenvalue weighted by Crippen LogP contribution is 2.30. The topological polar surface area (TPSA) is 74.6 Å². The minimum Gasteiger partial charge on any atom is -0.359 e. The highest BCUT2D eigenvalue weighted by atomic mass is 32.1. The molecule has 24 heavy (non-hydrogen) atoms. The van der Waals surface area contributed by atoms with Crippen LogP contribution in [-0.4, -0.2) is 29.5 Å². The first kappa shape index (κ1) is 14.8. The Hall–Kier alpha value is -2.74. The van der Waals surface area contributed by atoms with E-state index in [0.717, 1.165) is 27.0 Å². The molecule has 0 aliphatic carbocycles. The van der Waals surface area contributed by atoms with E-state index in [0.29, 0.717) is 12.5 Å². The van der Waals surface area contributed by atoms with Crippen LogP contribution in [0.2, 0.25) is 0 Å². The fourth-order valence-electron chi connectivity index (χ4n) is 2.34. The standard InChI is InChI=1S/C16H16N6OS/c1-11(2)14-7-21(10-18-14)16-4-3-15(24-16)13-5-12(23-20-13)6-22-9-17-8-19-22/h3-5,7-11H,6H2,1-2H3. The molecule has 4 aromatic heterocycles. The summed E-state index contributed by atoms with van der Waals surface area (Å²) in [6.07, 6.45) is 7.07. The molecular formula is C16H16N6OS. The highest BCUT2D eigenvalue weighted by Gasteiger charge is 2.12. The molecule has 0 spiro atoms. The van der Waals surface area contributed by atoms with Crippen molar-refractivity contribution in [2.24, 2.45) is 0 Å². The van der Waals surface area contributed by atoms with Crippen molar-refractivity contribution in [1.29, 1.82) is 0 Å². The predicted molar refractivity (Wildman–Crippen MR) is 90.2 cm³/mol. The van der Waals surface area contributed by atoms with Crippen molar-refractivity contribution in [2.75, 3.05) is 0 Å². The molecule has 0 amide bonds. The van der Waals surface area contributed by atoms with E-state index in [-0.39, 0.29) is 0 Å². The summed E-state index contributed by atoms with van der Waals surface area (Å²) in [7, 11) is 0. The maximum Gasteiger partial charge on any atom is 0.158 e. The number of hydrogen-bond donors (Lipinski definition) is 0. The van der Waals surface area contributed by atoms with Crippen LogP contribution >= 0.6 is 11.3 Å². The Kier molecular flexibility index (Phi) is 3.73. The van der Waals surface area contributed by atoms with Crippen molar-refractivity contribution < 1.29 is 4.52 Å². The van der Waals surface area contributed by atoms with Crippen LogP contribution in [0.3, 0.4) is 0 Å². The average Bonchev–Trinajstić information content (AvgIpc) is 3.35. The lowest BCUT2D eigenvalue weighted by Crippen LogP contribution is -1.98.